The monoisotopic (exact) mass is 600 g/mol. The number of carbonyl (C=O) groups excluding carboxylic acids is 1. The van der Waals surface area contributed by atoms with Crippen molar-refractivity contribution in [1.82, 2.24) is 9.80 Å². The molecule has 2 aliphatic heterocycles. The lowest BCUT2D eigenvalue weighted by molar-refractivity contribution is 0.0746. The normalized spacial score (nSPS) is 19.1. The molecule has 0 aromatic heterocycles. The average Bonchev–Trinajstić information content (AvgIpc) is 3.20. The summed E-state index contributed by atoms with van der Waals surface area (Å²) in [4.78, 5) is 17.8. The molecule has 6 nitrogen and oxygen atoms in total. The minimum atomic E-state index is -3.35. The molecule has 0 saturated carbocycles. The van der Waals surface area contributed by atoms with Crippen molar-refractivity contribution in [2.45, 2.75) is 42.0 Å². The molecule has 1 fully saturated rings. The van der Waals surface area contributed by atoms with E-state index < -0.39 is 9.84 Å². The van der Waals surface area contributed by atoms with Crippen LogP contribution >= 0.6 is 23.2 Å². The van der Waals surface area contributed by atoms with E-state index in [0.29, 0.717) is 20.7 Å². The Hall–Kier alpha value is -2.58. The Kier molecular flexibility index (Phi) is 8.48. The van der Waals surface area contributed by atoms with Crippen LogP contribution in [0.1, 0.15) is 64.2 Å². The number of carbonyl (C=O) groups is 1. The number of nitrogens with zero attached hydrogens (tertiary/aromatic N) is 2. The van der Waals surface area contributed by atoms with Crippen LogP contribution in [0.2, 0.25) is 10.0 Å². The van der Waals surface area contributed by atoms with Gasteiger partial charge in [0.2, 0.25) is 0 Å². The number of methoxy groups -OCH3 is 1. The Morgan fingerprint density at radius 1 is 0.975 bits per heavy atom. The molecule has 40 heavy (non-hydrogen) atoms. The molecular formula is C31H34Cl2N2O4S. The van der Waals surface area contributed by atoms with Crippen LogP contribution in [0.25, 0.3) is 0 Å². The zero-order valence-electron chi connectivity index (χ0n) is 22.9. The SMILES string of the molecule is COc1ccc(S(C)(=O)=O)c(C2CCN(CCC(c3ccc(Cl)c(Cl)c3)C3c4ccccc4C(=O)N3C)CC2)c1. The van der Waals surface area contributed by atoms with Gasteiger partial charge >= 0.3 is 0 Å². The van der Waals surface area contributed by atoms with Crippen LogP contribution in [0, 0.1) is 0 Å². The molecule has 2 unspecified atom stereocenters. The maximum atomic E-state index is 13.1. The van der Waals surface area contributed by atoms with Crippen LogP contribution in [0.5, 0.6) is 5.75 Å². The number of sulfone groups is 1. The highest BCUT2D eigenvalue weighted by atomic mass is 35.5. The predicted molar refractivity (Wildman–Crippen MR) is 160 cm³/mol. The minimum absolute atomic E-state index is 0.0281. The zero-order chi connectivity index (χ0) is 28.6. The van der Waals surface area contributed by atoms with E-state index in [1.54, 1.807) is 19.2 Å². The number of rotatable bonds is 8. The summed E-state index contributed by atoms with van der Waals surface area (Å²) in [5.41, 5.74) is 3.69. The van der Waals surface area contributed by atoms with Gasteiger partial charge in [-0.3, -0.25) is 4.79 Å². The highest BCUT2D eigenvalue weighted by Gasteiger charge is 2.39. The largest absolute Gasteiger partial charge is 0.497 e. The fourth-order valence-electron chi connectivity index (χ4n) is 6.31. The predicted octanol–water partition coefficient (Wildman–Crippen LogP) is 6.59. The molecule has 212 valence electrons. The Labute approximate surface area is 246 Å². The molecule has 0 spiro atoms. The third-order valence-corrected chi connectivity index (χ3v) is 10.3. The summed E-state index contributed by atoms with van der Waals surface area (Å²) in [6.07, 6.45) is 3.81. The molecule has 1 saturated heterocycles. The van der Waals surface area contributed by atoms with E-state index in [-0.39, 0.29) is 23.8 Å². The lowest BCUT2D eigenvalue weighted by Crippen LogP contribution is -2.36. The van der Waals surface area contributed by atoms with Gasteiger partial charge in [0.1, 0.15) is 5.75 Å². The van der Waals surface area contributed by atoms with Crippen LogP contribution in [0.3, 0.4) is 0 Å². The van der Waals surface area contributed by atoms with E-state index in [1.165, 1.54) is 6.26 Å². The van der Waals surface area contributed by atoms with Gasteiger partial charge in [0.25, 0.3) is 5.91 Å². The second-order valence-corrected chi connectivity index (χ2v) is 13.6. The lowest BCUT2D eigenvalue weighted by Gasteiger charge is -2.36. The highest BCUT2D eigenvalue weighted by molar-refractivity contribution is 7.90. The number of piperidine rings is 1. The van der Waals surface area contributed by atoms with Crippen LogP contribution in [-0.4, -0.2) is 64.2 Å². The first-order chi connectivity index (χ1) is 19.1. The third-order valence-electron chi connectivity index (χ3n) is 8.40. The molecule has 3 aromatic rings. The van der Waals surface area contributed by atoms with E-state index in [1.807, 2.05) is 60.5 Å². The van der Waals surface area contributed by atoms with E-state index in [0.717, 1.165) is 61.2 Å². The van der Waals surface area contributed by atoms with Crippen LogP contribution in [0.15, 0.2) is 65.6 Å². The summed E-state index contributed by atoms with van der Waals surface area (Å²) in [5, 5.41) is 1.01. The van der Waals surface area contributed by atoms with Crippen molar-refractivity contribution in [3.63, 3.8) is 0 Å². The molecule has 0 bridgehead atoms. The molecule has 0 aliphatic carbocycles. The molecule has 9 heteroatoms. The van der Waals surface area contributed by atoms with Crippen molar-refractivity contribution < 1.29 is 17.9 Å². The topological polar surface area (TPSA) is 66.9 Å². The Balaban J connectivity index is 1.35. The summed E-state index contributed by atoms with van der Waals surface area (Å²) in [6.45, 7) is 2.56. The molecule has 2 heterocycles. The Bertz CT molecular complexity index is 1520. The number of benzene rings is 3. The van der Waals surface area contributed by atoms with Crippen molar-refractivity contribution in [1.29, 1.82) is 0 Å². The minimum Gasteiger partial charge on any atom is -0.497 e. The second kappa shape index (κ2) is 11.7. The van der Waals surface area contributed by atoms with Gasteiger partial charge < -0.3 is 14.5 Å². The van der Waals surface area contributed by atoms with Crippen molar-refractivity contribution >= 4 is 38.9 Å². The van der Waals surface area contributed by atoms with Crippen molar-refractivity contribution in [3.05, 3.63) is 93.0 Å². The lowest BCUT2D eigenvalue weighted by atomic mass is 9.84. The summed E-state index contributed by atoms with van der Waals surface area (Å²) < 4.78 is 30.4. The standard InChI is InChI=1S/C31H34Cl2N2O4S/c1-34-30(24-6-4-5-7-25(24)31(34)36)23(21-8-10-27(32)28(33)18-21)14-17-35-15-12-20(13-16-35)26-19-22(39-2)9-11-29(26)40(3,37)38/h4-11,18-20,23,30H,12-17H2,1-3H3. The molecule has 2 aliphatic rings. The number of likely N-dealkylation sites (N-methyl/N-ethyl adjacent to an activating group) is 1. The zero-order valence-corrected chi connectivity index (χ0v) is 25.3. The van der Waals surface area contributed by atoms with Crippen LogP contribution in [-0.2, 0) is 9.84 Å². The van der Waals surface area contributed by atoms with E-state index in [2.05, 4.69) is 4.90 Å². The van der Waals surface area contributed by atoms with Gasteiger partial charge in [-0.1, -0.05) is 47.5 Å². The van der Waals surface area contributed by atoms with Gasteiger partial charge in [0.05, 0.1) is 28.1 Å². The van der Waals surface area contributed by atoms with Gasteiger partial charge in [-0.05, 0) is 97.9 Å². The Morgan fingerprint density at radius 3 is 2.38 bits per heavy atom. The summed E-state index contributed by atoms with van der Waals surface area (Å²) in [5.74, 6) is 0.879. The molecule has 1 amide bonds. The number of likely N-dealkylation sites (tertiary alicyclic amines) is 1. The Morgan fingerprint density at radius 2 is 1.70 bits per heavy atom. The quantitative estimate of drug-likeness (QED) is 0.292. The first-order valence-corrected chi connectivity index (χ1v) is 16.1. The molecule has 0 radical (unpaired) electrons. The highest BCUT2D eigenvalue weighted by Crippen LogP contribution is 2.45. The summed E-state index contributed by atoms with van der Waals surface area (Å²) in [6, 6.07) is 18.7. The number of amides is 1. The number of halogens is 2. The average molecular weight is 602 g/mol. The van der Waals surface area contributed by atoms with E-state index in [9.17, 15) is 13.2 Å². The van der Waals surface area contributed by atoms with E-state index >= 15 is 0 Å². The third kappa shape index (κ3) is 5.75. The summed E-state index contributed by atoms with van der Waals surface area (Å²) >= 11 is 12.7. The molecule has 3 aromatic carbocycles. The van der Waals surface area contributed by atoms with Crippen molar-refractivity contribution in [2.24, 2.45) is 0 Å². The number of ether oxygens (including phenoxy) is 1. The molecule has 5 rings (SSSR count). The fourth-order valence-corrected chi connectivity index (χ4v) is 7.59. The number of hydrogen-bond donors (Lipinski definition) is 0. The van der Waals surface area contributed by atoms with Gasteiger partial charge in [-0.2, -0.15) is 0 Å². The van der Waals surface area contributed by atoms with Gasteiger partial charge in [-0.25, -0.2) is 8.42 Å². The van der Waals surface area contributed by atoms with E-state index in [4.69, 9.17) is 27.9 Å². The second-order valence-electron chi connectivity index (χ2n) is 10.8. The molecule has 0 N–H and O–H groups in total. The summed E-state index contributed by atoms with van der Waals surface area (Å²) in [7, 11) is 0.123. The number of hydrogen-bond acceptors (Lipinski definition) is 5. The van der Waals surface area contributed by atoms with Crippen LogP contribution in [0.4, 0.5) is 0 Å². The first-order valence-electron chi connectivity index (χ1n) is 13.5. The molecular weight excluding hydrogens is 567 g/mol. The van der Waals surface area contributed by atoms with Crippen LogP contribution < -0.4 is 4.74 Å². The van der Waals surface area contributed by atoms with Gasteiger partial charge in [-0.15, -0.1) is 0 Å². The van der Waals surface area contributed by atoms with Gasteiger partial charge in [0.15, 0.2) is 9.84 Å². The fraction of sp³-hybridized carbons (Fsp3) is 0.387. The van der Waals surface area contributed by atoms with Crippen molar-refractivity contribution in [3.8, 4) is 5.75 Å². The maximum Gasteiger partial charge on any atom is 0.254 e. The smallest absolute Gasteiger partial charge is 0.254 e. The van der Waals surface area contributed by atoms with Crippen molar-refractivity contribution in [2.75, 3.05) is 40.0 Å². The van der Waals surface area contributed by atoms with Gasteiger partial charge in [0, 0.05) is 24.8 Å². The number of fused-ring (bicyclic) bond motifs is 1. The first kappa shape index (κ1) is 28.9. The molecule has 2 atom stereocenters. The maximum absolute atomic E-state index is 13.1.